The highest BCUT2D eigenvalue weighted by molar-refractivity contribution is 7.09. The highest BCUT2D eigenvalue weighted by atomic mass is 32.1. The number of carbonyl (C=O) groups excluding carboxylic acids is 2. The van der Waals surface area contributed by atoms with Crippen molar-refractivity contribution in [2.45, 2.75) is 33.4 Å². The summed E-state index contributed by atoms with van der Waals surface area (Å²) in [5, 5.41) is 4.59. The van der Waals surface area contributed by atoms with E-state index in [9.17, 15) is 9.59 Å². The van der Waals surface area contributed by atoms with E-state index >= 15 is 0 Å². The van der Waals surface area contributed by atoms with Gasteiger partial charge in [-0.25, -0.2) is 0 Å². The molecule has 1 atom stereocenters. The molecule has 112 valence electrons. The Balaban J connectivity index is 2.45. The third kappa shape index (κ3) is 4.94. The molecule has 0 saturated carbocycles. The summed E-state index contributed by atoms with van der Waals surface area (Å²) in [7, 11) is 0. The molecular weight excluding hydrogens is 274 g/mol. The van der Waals surface area contributed by atoms with Crippen LogP contribution in [0.4, 0.5) is 0 Å². The molecule has 20 heavy (non-hydrogen) atoms. The fraction of sp³-hybridized carbons (Fsp3) is 0.571. The lowest BCUT2D eigenvalue weighted by Gasteiger charge is -2.21. The summed E-state index contributed by atoms with van der Waals surface area (Å²) in [5.74, 6) is -0.316. The second-order valence-corrected chi connectivity index (χ2v) is 6.01. The quantitative estimate of drug-likeness (QED) is 0.794. The van der Waals surface area contributed by atoms with Crippen LogP contribution < -0.4 is 11.1 Å². The van der Waals surface area contributed by atoms with Crippen molar-refractivity contribution < 1.29 is 9.59 Å². The van der Waals surface area contributed by atoms with Gasteiger partial charge in [0.15, 0.2) is 0 Å². The van der Waals surface area contributed by atoms with Gasteiger partial charge in [0.2, 0.25) is 11.8 Å². The average molecular weight is 297 g/mol. The predicted octanol–water partition coefficient (Wildman–Crippen LogP) is 1.20. The molecule has 0 aliphatic heterocycles. The van der Waals surface area contributed by atoms with Gasteiger partial charge in [-0.3, -0.25) is 9.59 Å². The van der Waals surface area contributed by atoms with Gasteiger partial charge in [0.25, 0.3) is 0 Å². The number of hydrogen-bond acceptors (Lipinski definition) is 4. The molecule has 0 bridgehead atoms. The first-order valence-corrected chi connectivity index (χ1v) is 7.67. The lowest BCUT2D eigenvalue weighted by Crippen LogP contribution is -2.47. The van der Waals surface area contributed by atoms with Crippen LogP contribution in [0.25, 0.3) is 0 Å². The topological polar surface area (TPSA) is 75.4 Å². The van der Waals surface area contributed by atoms with E-state index in [1.165, 1.54) is 0 Å². The van der Waals surface area contributed by atoms with E-state index in [0.29, 0.717) is 13.1 Å². The van der Waals surface area contributed by atoms with Gasteiger partial charge >= 0.3 is 0 Å². The second kappa shape index (κ2) is 8.01. The Morgan fingerprint density at radius 3 is 2.65 bits per heavy atom. The molecule has 0 spiro atoms. The molecule has 1 aromatic heterocycles. The Morgan fingerprint density at radius 1 is 1.45 bits per heavy atom. The van der Waals surface area contributed by atoms with E-state index in [0.717, 1.165) is 4.88 Å². The van der Waals surface area contributed by atoms with Crippen molar-refractivity contribution in [2.24, 2.45) is 11.7 Å². The summed E-state index contributed by atoms with van der Waals surface area (Å²) >= 11 is 1.62. The molecule has 0 aliphatic carbocycles. The second-order valence-electron chi connectivity index (χ2n) is 4.97. The molecule has 0 fully saturated rings. The minimum Gasteiger partial charge on any atom is -0.346 e. The van der Waals surface area contributed by atoms with Gasteiger partial charge in [-0.1, -0.05) is 19.9 Å². The van der Waals surface area contributed by atoms with Crippen molar-refractivity contribution in [3.63, 3.8) is 0 Å². The first kappa shape index (κ1) is 16.7. The van der Waals surface area contributed by atoms with Gasteiger partial charge in [-0.05, 0) is 24.3 Å². The highest BCUT2D eigenvalue weighted by Gasteiger charge is 2.19. The zero-order valence-corrected chi connectivity index (χ0v) is 13.1. The minimum atomic E-state index is -0.574. The smallest absolute Gasteiger partial charge is 0.242 e. The molecule has 0 saturated heterocycles. The van der Waals surface area contributed by atoms with Crippen LogP contribution in [0.1, 0.15) is 25.6 Å². The van der Waals surface area contributed by atoms with Crippen molar-refractivity contribution in [1.82, 2.24) is 10.2 Å². The molecule has 2 amide bonds. The van der Waals surface area contributed by atoms with Gasteiger partial charge in [-0.2, -0.15) is 0 Å². The van der Waals surface area contributed by atoms with Gasteiger partial charge < -0.3 is 16.0 Å². The summed E-state index contributed by atoms with van der Waals surface area (Å²) < 4.78 is 0. The third-order valence-electron chi connectivity index (χ3n) is 3.10. The van der Waals surface area contributed by atoms with Gasteiger partial charge in [0.05, 0.1) is 19.1 Å². The van der Waals surface area contributed by atoms with Gasteiger partial charge in [-0.15, -0.1) is 11.3 Å². The summed E-state index contributed by atoms with van der Waals surface area (Å²) in [6.07, 6.45) is 0. The highest BCUT2D eigenvalue weighted by Crippen LogP contribution is 2.11. The van der Waals surface area contributed by atoms with Crippen molar-refractivity contribution in [3.8, 4) is 0 Å². The minimum absolute atomic E-state index is 0.00152. The number of amides is 2. The maximum absolute atomic E-state index is 12.1. The van der Waals surface area contributed by atoms with Crippen LogP contribution in [0.15, 0.2) is 17.5 Å². The largest absolute Gasteiger partial charge is 0.346 e. The summed E-state index contributed by atoms with van der Waals surface area (Å²) in [4.78, 5) is 26.6. The van der Waals surface area contributed by atoms with E-state index in [1.54, 1.807) is 16.2 Å². The number of nitrogens with two attached hydrogens (primary N) is 1. The maximum atomic E-state index is 12.1. The number of thiophene rings is 1. The van der Waals surface area contributed by atoms with E-state index in [-0.39, 0.29) is 24.3 Å². The van der Waals surface area contributed by atoms with Crippen LogP contribution in [0.2, 0.25) is 0 Å². The van der Waals surface area contributed by atoms with Crippen LogP contribution in [0.3, 0.4) is 0 Å². The van der Waals surface area contributed by atoms with Crippen LogP contribution in [-0.2, 0) is 16.1 Å². The fourth-order valence-corrected chi connectivity index (χ4v) is 2.38. The molecule has 3 N–H and O–H groups in total. The molecular formula is C14H23N3O2S. The molecule has 0 aliphatic rings. The molecule has 0 radical (unpaired) electrons. The van der Waals surface area contributed by atoms with E-state index in [4.69, 9.17) is 5.73 Å². The summed E-state index contributed by atoms with van der Waals surface area (Å²) in [6, 6.07) is 3.38. The van der Waals surface area contributed by atoms with Crippen LogP contribution in [0.5, 0.6) is 0 Å². The average Bonchev–Trinajstić information content (AvgIpc) is 2.93. The monoisotopic (exact) mass is 297 g/mol. The van der Waals surface area contributed by atoms with Gasteiger partial charge in [0, 0.05) is 11.4 Å². The molecule has 1 aromatic rings. The lowest BCUT2D eigenvalue weighted by atomic mass is 10.1. The van der Waals surface area contributed by atoms with Crippen LogP contribution in [0, 0.1) is 5.92 Å². The number of rotatable bonds is 7. The zero-order valence-electron chi connectivity index (χ0n) is 12.3. The Kier molecular flexibility index (Phi) is 6.67. The van der Waals surface area contributed by atoms with Crippen molar-refractivity contribution in [3.05, 3.63) is 22.4 Å². The first-order chi connectivity index (χ1) is 9.45. The van der Waals surface area contributed by atoms with E-state index in [2.05, 4.69) is 5.32 Å². The van der Waals surface area contributed by atoms with Crippen molar-refractivity contribution in [2.75, 3.05) is 13.1 Å². The number of carbonyl (C=O) groups is 2. The maximum Gasteiger partial charge on any atom is 0.242 e. The van der Waals surface area contributed by atoms with E-state index in [1.807, 2.05) is 38.3 Å². The molecule has 0 aromatic carbocycles. The van der Waals surface area contributed by atoms with Crippen LogP contribution >= 0.6 is 11.3 Å². The van der Waals surface area contributed by atoms with Crippen molar-refractivity contribution in [1.29, 1.82) is 0 Å². The SMILES string of the molecule is CCN(Cc1cccs1)C(=O)CNC(=O)[C@@H](N)C(C)C. The number of likely N-dealkylation sites (N-methyl/N-ethyl adjacent to an activating group) is 1. The molecule has 1 rings (SSSR count). The molecule has 0 unspecified atom stereocenters. The normalized spacial score (nSPS) is 12.2. The van der Waals surface area contributed by atoms with Gasteiger partial charge in [0.1, 0.15) is 0 Å². The summed E-state index contributed by atoms with van der Waals surface area (Å²) in [5.41, 5.74) is 5.73. The number of hydrogen-bond donors (Lipinski definition) is 2. The third-order valence-corrected chi connectivity index (χ3v) is 3.96. The molecule has 6 heteroatoms. The number of nitrogens with one attached hydrogen (secondary N) is 1. The standard InChI is InChI=1S/C14H23N3O2S/c1-4-17(9-11-6-5-7-20-11)12(18)8-16-14(19)13(15)10(2)3/h5-7,10,13H,4,8-9,15H2,1-3H3,(H,16,19)/t13-/m0/s1. The first-order valence-electron chi connectivity index (χ1n) is 6.79. The Labute approximate surface area is 124 Å². The van der Waals surface area contributed by atoms with E-state index < -0.39 is 6.04 Å². The Bertz CT molecular complexity index is 432. The number of nitrogens with zero attached hydrogens (tertiary/aromatic N) is 1. The zero-order chi connectivity index (χ0) is 15.1. The van der Waals surface area contributed by atoms with Crippen LogP contribution in [-0.4, -0.2) is 35.8 Å². The Morgan fingerprint density at radius 2 is 2.15 bits per heavy atom. The molecule has 5 nitrogen and oxygen atoms in total. The Hall–Kier alpha value is -1.40. The summed E-state index contributed by atoms with van der Waals surface area (Å²) in [6.45, 7) is 6.87. The van der Waals surface area contributed by atoms with Crippen molar-refractivity contribution >= 4 is 23.2 Å². The molecule has 1 heterocycles. The predicted molar refractivity (Wildman–Crippen MR) is 81.2 cm³/mol. The fourth-order valence-electron chi connectivity index (χ4n) is 1.66. The lowest BCUT2D eigenvalue weighted by molar-refractivity contribution is -0.133.